The van der Waals surface area contributed by atoms with E-state index in [1.807, 2.05) is 14.0 Å². The van der Waals surface area contributed by atoms with Crippen molar-refractivity contribution in [1.82, 2.24) is 4.90 Å². The fourth-order valence-electron chi connectivity index (χ4n) is 2.69. The van der Waals surface area contributed by atoms with Crippen LogP contribution in [-0.2, 0) is 6.18 Å². The fourth-order valence-corrected chi connectivity index (χ4v) is 2.85. The molecule has 0 aliphatic carbocycles. The zero-order valence-corrected chi connectivity index (χ0v) is 12.8. The van der Waals surface area contributed by atoms with Crippen molar-refractivity contribution in [2.75, 3.05) is 31.6 Å². The number of halogens is 3. The molecule has 0 saturated carbocycles. The van der Waals surface area contributed by atoms with Crippen LogP contribution in [0.3, 0.4) is 0 Å². The number of hydrogen-bond donors (Lipinski definition) is 1. The van der Waals surface area contributed by atoms with Gasteiger partial charge in [0.25, 0.3) is 0 Å². The molecule has 1 aromatic rings. The summed E-state index contributed by atoms with van der Waals surface area (Å²) >= 11 is 4.78. The van der Waals surface area contributed by atoms with Gasteiger partial charge < -0.3 is 15.5 Å². The van der Waals surface area contributed by atoms with Crippen molar-refractivity contribution in [3.63, 3.8) is 0 Å². The normalized spacial score (nSPS) is 20.6. The molecule has 21 heavy (non-hydrogen) atoms. The molecular weight excluding hydrogens is 299 g/mol. The van der Waals surface area contributed by atoms with Crippen LogP contribution < -0.4 is 10.6 Å². The number of nitrogens with zero attached hydrogens (tertiary/aromatic N) is 2. The van der Waals surface area contributed by atoms with E-state index in [0.29, 0.717) is 0 Å². The van der Waals surface area contributed by atoms with E-state index in [0.717, 1.165) is 31.4 Å². The van der Waals surface area contributed by atoms with Crippen LogP contribution in [0.5, 0.6) is 0 Å². The van der Waals surface area contributed by atoms with E-state index >= 15 is 0 Å². The van der Waals surface area contributed by atoms with E-state index < -0.39 is 11.7 Å². The second-order valence-corrected chi connectivity index (χ2v) is 5.84. The third-order valence-corrected chi connectivity index (χ3v) is 3.96. The van der Waals surface area contributed by atoms with Gasteiger partial charge in [0.15, 0.2) is 0 Å². The molecule has 1 saturated heterocycles. The number of benzene rings is 1. The Hall–Kier alpha value is -1.34. The van der Waals surface area contributed by atoms with E-state index in [1.165, 1.54) is 12.1 Å². The third kappa shape index (κ3) is 3.47. The van der Waals surface area contributed by atoms with Gasteiger partial charge in [0.1, 0.15) is 4.99 Å². The largest absolute Gasteiger partial charge is 0.417 e. The SMILES string of the molecule is CC1CN(C)CCN1c1ccc(C(F)(F)F)c(C(N)=S)c1. The van der Waals surface area contributed by atoms with Gasteiger partial charge in [0.05, 0.1) is 5.56 Å². The first-order valence-electron chi connectivity index (χ1n) is 6.66. The van der Waals surface area contributed by atoms with Gasteiger partial charge in [-0.1, -0.05) is 12.2 Å². The van der Waals surface area contributed by atoms with Crippen LogP contribution in [-0.4, -0.2) is 42.6 Å². The quantitative estimate of drug-likeness (QED) is 0.850. The highest BCUT2D eigenvalue weighted by atomic mass is 32.1. The van der Waals surface area contributed by atoms with Crippen LogP contribution in [0.15, 0.2) is 18.2 Å². The van der Waals surface area contributed by atoms with Crippen molar-refractivity contribution in [2.24, 2.45) is 5.73 Å². The summed E-state index contributed by atoms with van der Waals surface area (Å²) in [4.78, 5) is 4.05. The summed E-state index contributed by atoms with van der Waals surface area (Å²) in [6.07, 6.45) is -4.45. The lowest BCUT2D eigenvalue weighted by Gasteiger charge is -2.40. The van der Waals surface area contributed by atoms with Gasteiger partial charge in [-0.25, -0.2) is 0 Å². The Bertz CT molecular complexity index is 545. The van der Waals surface area contributed by atoms with Crippen LogP contribution in [0.25, 0.3) is 0 Å². The molecule has 0 aromatic heterocycles. The number of alkyl halides is 3. The molecule has 7 heteroatoms. The van der Waals surface area contributed by atoms with Crippen LogP contribution in [0, 0.1) is 0 Å². The first kappa shape index (κ1) is 16.0. The highest BCUT2D eigenvalue weighted by Crippen LogP contribution is 2.34. The van der Waals surface area contributed by atoms with Crippen LogP contribution >= 0.6 is 12.2 Å². The lowest BCUT2D eigenvalue weighted by molar-refractivity contribution is -0.137. The molecule has 1 aromatic carbocycles. The minimum atomic E-state index is -4.45. The molecule has 116 valence electrons. The highest BCUT2D eigenvalue weighted by molar-refractivity contribution is 7.80. The Morgan fingerprint density at radius 3 is 2.52 bits per heavy atom. The lowest BCUT2D eigenvalue weighted by atomic mass is 10.0. The molecule has 0 amide bonds. The number of piperazine rings is 1. The van der Waals surface area contributed by atoms with Crippen molar-refractivity contribution in [1.29, 1.82) is 0 Å². The third-order valence-electron chi connectivity index (χ3n) is 3.74. The maximum atomic E-state index is 13.0. The molecule has 0 radical (unpaired) electrons. The molecule has 1 heterocycles. The first-order valence-corrected chi connectivity index (χ1v) is 7.07. The van der Waals surface area contributed by atoms with Crippen LogP contribution in [0.1, 0.15) is 18.1 Å². The van der Waals surface area contributed by atoms with Crippen molar-refractivity contribution < 1.29 is 13.2 Å². The van der Waals surface area contributed by atoms with E-state index in [2.05, 4.69) is 9.80 Å². The summed E-state index contributed by atoms with van der Waals surface area (Å²) in [6, 6.07) is 4.23. The second kappa shape index (κ2) is 5.81. The summed E-state index contributed by atoms with van der Waals surface area (Å²) < 4.78 is 38.9. The van der Waals surface area contributed by atoms with Gasteiger partial charge in [-0.2, -0.15) is 13.2 Å². The predicted octanol–water partition coefficient (Wildman–Crippen LogP) is 2.48. The van der Waals surface area contributed by atoms with Gasteiger partial charge in [-0.05, 0) is 32.2 Å². The average Bonchev–Trinajstić information content (AvgIpc) is 2.37. The first-order chi connectivity index (χ1) is 9.70. The summed E-state index contributed by atoms with van der Waals surface area (Å²) in [6.45, 7) is 4.55. The zero-order chi connectivity index (χ0) is 15.8. The van der Waals surface area contributed by atoms with Gasteiger partial charge in [0.2, 0.25) is 0 Å². The molecule has 3 nitrogen and oxygen atoms in total. The van der Waals surface area contributed by atoms with Crippen molar-refractivity contribution in [3.8, 4) is 0 Å². The number of likely N-dealkylation sites (N-methyl/N-ethyl adjacent to an activating group) is 1. The Balaban J connectivity index is 2.39. The monoisotopic (exact) mass is 317 g/mol. The summed E-state index contributed by atoms with van der Waals surface area (Å²) in [5.41, 5.74) is 5.31. The van der Waals surface area contributed by atoms with Gasteiger partial charge in [-0.15, -0.1) is 0 Å². The molecule has 1 atom stereocenters. The minimum Gasteiger partial charge on any atom is -0.389 e. The second-order valence-electron chi connectivity index (χ2n) is 5.40. The van der Waals surface area contributed by atoms with Gasteiger partial charge in [-0.3, -0.25) is 0 Å². The Morgan fingerprint density at radius 2 is 2.00 bits per heavy atom. The van der Waals surface area contributed by atoms with E-state index in [9.17, 15) is 13.2 Å². The standard InChI is InChI=1S/C14H18F3N3S/c1-9-8-19(2)5-6-20(9)10-3-4-12(14(15,16)17)11(7-10)13(18)21/h3-4,7,9H,5-6,8H2,1-2H3,(H2,18,21). The molecule has 0 spiro atoms. The van der Waals surface area contributed by atoms with Crippen molar-refractivity contribution in [3.05, 3.63) is 29.3 Å². The minimum absolute atomic E-state index is 0.110. The zero-order valence-electron chi connectivity index (χ0n) is 11.9. The smallest absolute Gasteiger partial charge is 0.389 e. The highest BCUT2D eigenvalue weighted by Gasteiger charge is 2.34. The molecule has 2 rings (SSSR count). The molecule has 1 unspecified atom stereocenters. The molecule has 1 fully saturated rings. The Labute approximate surface area is 127 Å². The topological polar surface area (TPSA) is 32.5 Å². The molecular formula is C14H18F3N3S. The van der Waals surface area contributed by atoms with Gasteiger partial charge in [0, 0.05) is 36.9 Å². The number of hydrogen-bond acceptors (Lipinski definition) is 3. The van der Waals surface area contributed by atoms with Crippen molar-refractivity contribution >= 4 is 22.9 Å². The number of nitrogens with two attached hydrogens (primary N) is 1. The number of thiocarbonyl (C=S) groups is 1. The van der Waals surface area contributed by atoms with E-state index in [1.54, 1.807) is 0 Å². The van der Waals surface area contributed by atoms with E-state index in [4.69, 9.17) is 18.0 Å². The molecule has 1 aliphatic rings. The summed E-state index contributed by atoms with van der Waals surface area (Å²) in [5.74, 6) is 0. The lowest BCUT2D eigenvalue weighted by Crippen LogP contribution is -2.50. The molecule has 2 N–H and O–H groups in total. The van der Waals surface area contributed by atoms with Gasteiger partial charge >= 0.3 is 6.18 Å². The Morgan fingerprint density at radius 1 is 1.33 bits per heavy atom. The average molecular weight is 317 g/mol. The van der Waals surface area contributed by atoms with Crippen LogP contribution in [0.2, 0.25) is 0 Å². The maximum Gasteiger partial charge on any atom is 0.417 e. The summed E-state index contributed by atoms with van der Waals surface area (Å²) in [5, 5.41) is 0. The number of rotatable bonds is 2. The summed E-state index contributed by atoms with van der Waals surface area (Å²) in [7, 11) is 2.03. The number of anilines is 1. The maximum absolute atomic E-state index is 13.0. The van der Waals surface area contributed by atoms with Crippen molar-refractivity contribution in [2.45, 2.75) is 19.1 Å². The van der Waals surface area contributed by atoms with E-state index in [-0.39, 0.29) is 16.6 Å². The molecule has 1 aliphatic heterocycles. The van der Waals surface area contributed by atoms with Crippen LogP contribution in [0.4, 0.5) is 18.9 Å². The molecule has 0 bridgehead atoms. The predicted molar refractivity (Wildman–Crippen MR) is 81.6 cm³/mol. The Kier molecular flexibility index (Phi) is 4.43. The fraction of sp³-hybridized carbons (Fsp3) is 0.500.